The number of hydrogen-bond donors (Lipinski definition) is 1. The second kappa shape index (κ2) is 8.53. The molecule has 20 heavy (non-hydrogen) atoms. The maximum absolute atomic E-state index is 12.3. The minimum atomic E-state index is 0.0469. The summed E-state index contributed by atoms with van der Waals surface area (Å²) in [6.07, 6.45) is 3.68. The van der Waals surface area contributed by atoms with Gasteiger partial charge < -0.3 is 15.1 Å². The Hall–Kier alpha value is -1.62. The maximum atomic E-state index is 12.3. The van der Waals surface area contributed by atoms with E-state index < -0.39 is 0 Å². The molecule has 0 radical (unpaired) electrons. The Balaban J connectivity index is 2.57. The van der Waals surface area contributed by atoms with Crippen LogP contribution in [0.1, 0.15) is 30.1 Å². The predicted octanol–water partition coefficient (Wildman–Crippen LogP) is 1.93. The summed E-state index contributed by atoms with van der Waals surface area (Å²) in [6.45, 7) is 4.71. The molecule has 0 aliphatic heterocycles. The van der Waals surface area contributed by atoms with Crippen molar-refractivity contribution in [1.82, 2.24) is 14.8 Å². The fourth-order valence-electron chi connectivity index (χ4n) is 1.86. The van der Waals surface area contributed by atoms with Gasteiger partial charge in [-0.3, -0.25) is 4.79 Å². The molecule has 0 spiro atoms. The average Bonchev–Trinajstić information content (AvgIpc) is 2.44. The smallest absolute Gasteiger partial charge is 0.253 e. The van der Waals surface area contributed by atoms with Crippen molar-refractivity contribution in [2.24, 2.45) is 0 Å². The van der Waals surface area contributed by atoms with Crippen molar-refractivity contribution >= 4 is 11.7 Å². The van der Waals surface area contributed by atoms with E-state index in [4.69, 9.17) is 0 Å². The van der Waals surface area contributed by atoms with Gasteiger partial charge in [0, 0.05) is 31.9 Å². The summed E-state index contributed by atoms with van der Waals surface area (Å²) in [5.74, 6) is 0.810. The van der Waals surface area contributed by atoms with Crippen molar-refractivity contribution in [1.29, 1.82) is 0 Å². The molecule has 0 aliphatic rings. The molecule has 1 amide bonds. The van der Waals surface area contributed by atoms with Crippen molar-refractivity contribution in [3.05, 3.63) is 23.9 Å². The quantitative estimate of drug-likeness (QED) is 0.789. The first kappa shape index (κ1) is 16.4. The fraction of sp³-hybridized carbons (Fsp3) is 0.600. The lowest BCUT2D eigenvalue weighted by Crippen LogP contribution is -2.29. The highest BCUT2D eigenvalue weighted by molar-refractivity contribution is 5.94. The number of anilines is 1. The number of nitrogens with one attached hydrogen (secondary N) is 1. The third-order valence-electron chi connectivity index (χ3n) is 3.01. The zero-order chi connectivity index (χ0) is 15.0. The monoisotopic (exact) mass is 278 g/mol. The molecule has 5 nitrogen and oxygen atoms in total. The van der Waals surface area contributed by atoms with Crippen LogP contribution >= 0.6 is 0 Å². The molecular weight excluding hydrogens is 252 g/mol. The first-order valence-electron chi connectivity index (χ1n) is 7.14. The van der Waals surface area contributed by atoms with E-state index >= 15 is 0 Å². The molecule has 1 rings (SSSR count). The summed E-state index contributed by atoms with van der Waals surface area (Å²) in [7, 11) is 5.92. The molecular formula is C15H26N4O. The molecule has 0 atom stereocenters. The predicted molar refractivity (Wildman–Crippen MR) is 83.1 cm³/mol. The molecule has 1 aromatic rings. The topological polar surface area (TPSA) is 48.5 Å². The summed E-state index contributed by atoms with van der Waals surface area (Å²) in [4.78, 5) is 20.4. The molecule has 0 bridgehead atoms. The van der Waals surface area contributed by atoms with Crippen LogP contribution in [0.2, 0.25) is 0 Å². The van der Waals surface area contributed by atoms with E-state index in [1.807, 2.05) is 27.2 Å². The zero-order valence-corrected chi connectivity index (χ0v) is 13.0. The van der Waals surface area contributed by atoms with Crippen LogP contribution in [0.4, 0.5) is 5.82 Å². The number of carbonyl (C=O) groups is 1. The molecule has 1 N–H and O–H groups in total. The van der Waals surface area contributed by atoms with Gasteiger partial charge in [0.05, 0.1) is 0 Å². The second-order valence-electron chi connectivity index (χ2n) is 5.24. The van der Waals surface area contributed by atoms with E-state index in [0.717, 1.165) is 38.3 Å². The Morgan fingerprint density at radius 3 is 2.70 bits per heavy atom. The molecule has 1 heterocycles. The van der Waals surface area contributed by atoms with Crippen molar-refractivity contribution in [3.63, 3.8) is 0 Å². The standard InChI is InChI=1S/C15H26N4O/c1-5-8-16-14-12-13(7-9-17-14)15(20)19(4)11-6-10-18(2)3/h7,9,12H,5-6,8,10-11H2,1-4H3,(H,16,17). The Labute approximate surface area is 122 Å². The van der Waals surface area contributed by atoms with Gasteiger partial charge in [0.1, 0.15) is 5.82 Å². The molecule has 0 fully saturated rings. The molecule has 0 saturated heterocycles. The summed E-state index contributed by atoms with van der Waals surface area (Å²) >= 11 is 0. The van der Waals surface area contributed by atoms with Crippen LogP contribution in [0.15, 0.2) is 18.3 Å². The fourth-order valence-corrected chi connectivity index (χ4v) is 1.86. The van der Waals surface area contributed by atoms with E-state index in [0.29, 0.717) is 5.56 Å². The molecule has 0 unspecified atom stereocenters. The minimum Gasteiger partial charge on any atom is -0.370 e. The average molecular weight is 278 g/mol. The third-order valence-corrected chi connectivity index (χ3v) is 3.01. The van der Waals surface area contributed by atoms with E-state index in [1.165, 1.54) is 0 Å². The van der Waals surface area contributed by atoms with Crippen LogP contribution in [-0.4, -0.2) is 61.5 Å². The first-order chi connectivity index (χ1) is 9.54. The van der Waals surface area contributed by atoms with Gasteiger partial charge in [0.2, 0.25) is 0 Å². The summed E-state index contributed by atoms with van der Waals surface area (Å²) in [5, 5.41) is 3.20. The maximum Gasteiger partial charge on any atom is 0.253 e. The van der Waals surface area contributed by atoms with E-state index in [9.17, 15) is 4.79 Å². The Morgan fingerprint density at radius 2 is 2.05 bits per heavy atom. The summed E-state index contributed by atoms with van der Waals surface area (Å²) in [5.41, 5.74) is 0.686. The molecule has 5 heteroatoms. The Morgan fingerprint density at radius 1 is 1.30 bits per heavy atom. The Kier molecular flexibility index (Phi) is 7.01. The van der Waals surface area contributed by atoms with Crippen LogP contribution < -0.4 is 5.32 Å². The summed E-state index contributed by atoms with van der Waals surface area (Å²) < 4.78 is 0. The number of aromatic nitrogens is 1. The van der Waals surface area contributed by atoms with Gasteiger partial charge in [-0.05, 0) is 45.6 Å². The van der Waals surface area contributed by atoms with Crippen LogP contribution in [0, 0.1) is 0 Å². The van der Waals surface area contributed by atoms with E-state index in [1.54, 1.807) is 17.2 Å². The Bertz CT molecular complexity index is 420. The van der Waals surface area contributed by atoms with Crippen LogP contribution in [0.5, 0.6) is 0 Å². The number of amides is 1. The van der Waals surface area contributed by atoms with Gasteiger partial charge in [-0.15, -0.1) is 0 Å². The van der Waals surface area contributed by atoms with Crippen molar-refractivity contribution in [2.45, 2.75) is 19.8 Å². The van der Waals surface area contributed by atoms with Crippen molar-refractivity contribution < 1.29 is 4.79 Å². The number of nitrogens with zero attached hydrogens (tertiary/aromatic N) is 3. The SMILES string of the molecule is CCCNc1cc(C(=O)N(C)CCCN(C)C)ccn1. The van der Waals surface area contributed by atoms with Crippen LogP contribution in [-0.2, 0) is 0 Å². The number of hydrogen-bond acceptors (Lipinski definition) is 4. The lowest BCUT2D eigenvalue weighted by Gasteiger charge is -2.19. The molecule has 0 aliphatic carbocycles. The minimum absolute atomic E-state index is 0.0469. The van der Waals surface area contributed by atoms with Gasteiger partial charge in [-0.1, -0.05) is 6.92 Å². The second-order valence-corrected chi connectivity index (χ2v) is 5.24. The van der Waals surface area contributed by atoms with Gasteiger partial charge in [-0.2, -0.15) is 0 Å². The number of pyridine rings is 1. The van der Waals surface area contributed by atoms with Gasteiger partial charge in [0.25, 0.3) is 5.91 Å². The van der Waals surface area contributed by atoms with Gasteiger partial charge in [-0.25, -0.2) is 4.98 Å². The largest absolute Gasteiger partial charge is 0.370 e. The number of carbonyl (C=O) groups excluding carboxylic acids is 1. The summed E-state index contributed by atoms with van der Waals surface area (Å²) in [6, 6.07) is 3.59. The van der Waals surface area contributed by atoms with Crippen molar-refractivity contribution in [3.8, 4) is 0 Å². The van der Waals surface area contributed by atoms with Crippen LogP contribution in [0.3, 0.4) is 0 Å². The molecule has 112 valence electrons. The van der Waals surface area contributed by atoms with Gasteiger partial charge >= 0.3 is 0 Å². The highest BCUT2D eigenvalue weighted by Gasteiger charge is 2.12. The van der Waals surface area contributed by atoms with E-state index in [-0.39, 0.29) is 5.91 Å². The molecule has 1 aromatic heterocycles. The van der Waals surface area contributed by atoms with Crippen LogP contribution in [0.25, 0.3) is 0 Å². The lowest BCUT2D eigenvalue weighted by molar-refractivity contribution is 0.0790. The zero-order valence-electron chi connectivity index (χ0n) is 13.0. The number of rotatable bonds is 8. The normalized spacial score (nSPS) is 10.7. The van der Waals surface area contributed by atoms with E-state index in [2.05, 4.69) is 22.1 Å². The highest BCUT2D eigenvalue weighted by atomic mass is 16.2. The highest BCUT2D eigenvalue weighted by Crippen LogP contribution is 2.09. The van der Waals surface area contributed by atoms with Crippen molar-refractivity contribution in [2.75, 3.05) is 46.1 Å². The lowest BCUT2D eigenvalue weighted by atomic mass is 10.2. The molecule has 0 saturated carbocycles. The first-order valence-corrected chi connectivity index (χ1v) is 7.14. The molecule has 0 aromatic carbocycles. The van der Waals surface area contributed by atoms with Gasteiger partial charge in [0.15, 0.2) is 0 Å². The third kappa shape index (κ3) is 5.57.